The van der Waals surface area contributed by atoms with Crippen molar-refractivity contribution in [2.45, 2.75) is 149 Å². The molecule has 1 aliphatic heterocycles. The first-order valence-electron chi connectivity index (χ1n) is 20.9. The van der Waals surface area contributed by atoms with Gasteiger partial charge in [-0.15, -0.1) is 0 Å². The number of hydrogen-bond donors (Lipinski definition) is 0. The Morgan fingerprint density at radius 3 is 1.82 bits per heavy atom. The number of Topliss-reactive ketones (excluding diaryl/α,β-unsaturated/α-hetero) is 1. The Hall–Kier alpha value is -3.86. The van der Waals surface area contributed by atoms with E-state index < -0.39 is 21.8 Å². The number of rotatable bonds is 26. The van der Waals surface area contributed by atoms with Gasteiger partial charge < -0.3 is 24.0 Å². The Morgan fingerprint density at radius 1 is 0.768 bits per heavy atom. The van der Waals surface area contributed by atoms with E-state index in [1.807, 2.05) is 18.7 Å². The Bertz CT molecular complexity index is 1530. The molecular formula is C45H72N2O8S. The van der Waals surface area contributed by atoms with Gasteiger partial charge >= 0.3 is 11.9 Å². The number of ether oxygens (including phenoxy) is 3. The van der Waals surface area contributed by atoms with Crippen LogP contribution in [0.2, 0.25) is 0 Å². The molecule has 0 atom stereocenters. The highest BCUT2D eigenvalue weighted by molar-refractivity contribution is 7.96. The molecule has 10 nitrogen and oxygen atoms in total. The summed E-state index contributed by atoms with van der Waals surface area (Å²) in [6.07, 6.45) is 22.1. The van der Waals surface area contributed by atoms with Crippen LogP contribution >= 0.6 is 0 Å². The zero-order chi connectivity index (χ0) is 41.8. The molecule has 1 aliphatic rings. The number of allylic oxidation sites excluding steroid dienone is 4. The molecule has 0 amide bonds. The summed E-state index contributed by atoms with van der Waals surface area (Å²) in [6, 6.07) is 7.98. The fourth-order valence-corrected chi connectivity index (χ4v) is 7.19. The molecule has 0 aliphatic carbocycles. The van der Waals surface area contributed by atoms with E-state index in [9.17, 15) is 22.8 Å². The molecule has 11 heteroatoms. The summed E-state index contributed by atoms with van der Waals surface area (Å²) < 4.78 is 42.3. The van der Waals surface area contributed by atoms with E-state index in [0.29, 0.717) is 19.1 Å². The molecule has 316 valence electrons. The predicted molar refractivity (Wildman–Crippen MR) is 226 cm³/mol. The second-order valence-electron chi connectivity index (χ2n) is 14.6. The maximum atomic E-state index is 13.0. The molecule has 56 heavy (non-hydrogen) atoms. The van der Waals surface area contributed by atoms with Crippen molar-refractivity contribution >= 4 is 27.6 Å². The van der Waals surface area contributed by atoms with Crippen LogP contribution < -0.4 is 0 Å². The summed E-state index contributed by atoms with van der Waals surface area (Å²) in [5.41, 5.74) is -0.0251. The first-order chi connectivity index (χ1) is 26.8. The number of carbonyl (C=O) groups excluding carboxylic acids is 3. The molecule has 1 fully saturated rings. The standard InChI is InChI=1S/C23H35NO4S.C22H37NO4/c1-4-7-8-9-10-14-20-28-23(25)22(18-15-19-24(5-2)6-3)29(26,27)21-16-12-11-13-17-21;1-6-8-9-10-11-12-16-26-21(25)19(18(3)24)13-14-20-23(15-7-2)22(4,5)17-27-20/h11-13,15-19H,4-10,14,20H2,1-3H3;13-14H,6-12,15-17H2,1-5H3/b19-15+,22-18+;19-13-,20-14-. The van der Waals surface area contributed by atoms with Crippen LogP contribution in [0.15, 0.2) is 82.1 Å². The zero-order valence-electron chi connectivity index (χ0n) is 35.8. The number of nitrogens with zero attached hydrogens (tertiary/aromatic N) is 2. The van der Waals surface area contributed by atoms with Gasteiger partial charge in [-0.05, 0) is 96.5 Å². The second-order valence-corrected chi connectivity index (χ2v) is 16.5. The lowest BCUT2D eigenvalue weighted by molar-refractivity contribution is -0.140. The third kappa shape index (κ3) is 18.9. The van der Waals surface area contributed by atoms with Crippen LogP contribution in [-0.2, 0) is 38.4 Å². The minimum atomic E-state index is -3.95. The molecule has 0 spiro atoms. The molecule has 1 heterocycles. The van der Waals surface area contributed by atoms with Gasteiger partial charge in [0.05, 0.1) is 23.6 Å². The summed E-state index contributed by atoms with van der Waals surface area (Å²) in [7, 11) is -3.95. The van der Waals surface area contributed by atoms with Crippen LogP contribution in [0.4, 0.5) is 0 Å². The lowest BCUT2D eigenvalue weighted by Gasteiger charge is -2.30. The van der Waals surface area contributed by atoms with Crippen LogP contribution in [-0.4, -0.2) is 80.9 Å². The second kappa shape index (κ2) is 28.5. The van der Waals surface area contributed by atoms with Crippen LogP contribution in [0, 0.1) is 0 Å². The lowest BCUT2D eigenvalue weighted by atomic mass is 10.1. The van der Waals surface area contributed by atoms with Crippen molar-refractivity contribution in [3.05, 3.63) is 77.2 Å². The highest BCUT2D eigenvalue weighted by Gasteiger charge is 2.36. The zero-order valence-corrected chi connectivity index (χ0v) is 36.6. The maximum Gasteiger partial charge on any atom is 0.350 e. The van der Waals surface area contributed by atoms with Crippen molar-refractivity contribution in [1.82, 2.24) is 9.80 Å². The monoisotopic (exact) mass is 801 g/mol. The number of benzene rings is 1. The molecule has 0 radical (unpaired) electrons. The van der Waals surface area contributed by atoms with Crippen LogP contribution in [0.1, 0.15) is 139 Å². The van der Waals surface area contributed by atoms with E-state index in [0.717, 1.165) is 64.6 Å². The smallest absolute Gasteiger partial charge is 0.350 e. The molecule has 0 N–H and O–H groups in total. The van der Waals surface area contributed by atoms with Crippen molar-refractivity contribution in [1.29, 1.82) is 0 Å². The van der Waals surface area contributed by atoms with E-state index in [1.165, 1.54) is 69.7 Å². The minimum Gasteiger partial charge on any atom is -0.477 e. The fraction of sp³-hybridized carbons (Fsp3) is 0.622. The van der Waals surface area contributed by atoms with Gasteiger partial charge in [0.2, 0.25) is 9.84 Å². The van der Waals surface area contributed by atoms with E-state index in [-0.39, 0.29) is 33.3 Å². The normalized spacial score (nSPS) is 15.0. The number of esters is 2. The quantitative estimate of drug-likeness (QED) is 0.0224. The Kier molecular flexibility index (Phi) is 25.5. The van der Waals surface area contributed by atoms with Crippen molar-refractivity contribution in [2.24, 2.45) is 0 Å². The Morgan fingerprint density at radius 2 is 1.30 bits per heavy atom. The summed E-state index contributed by atoms with van der Waals surface area (Å²) in [5.74, 6) is -0.942. The lowest BCUT2D eigenvalue weighted by Crippen LogP contribution is -2.39. The average Bonchev–Trinajstić information content (AvgIpc) is 3.46. The van der Waals surface area contributed by atoms with Gasteiger partial charge in [0.1, 0.15) is 12.2 Å². The van der Waals surface area contributed by atoms with Gasteiger partial charge in [-0.1, -0.05) is 103 Å². The van der Waals surface area contributed by atoms with Gasteiger partial charge in [-0.25, -0.2) is 18.0 Å². The van der Waals surface area contributed by atoms with Crippen molar-refractivity contribution in [3.8, 4) is 0 Å². The molecule has 0 aromatic heterocycles. The summed E-state index contributed by atoms with van der Waals surface area (Å²) in [4.78, 5) is 40.7. The highest BCUT2D eigenvalue weighted by atomic mass is 32.2. The van der Waals surface area contributed by atoms with Crippen LogP contribution in [0.3, 0.4) is 0 Å². The Labute approximate surface area is 339 Å². The summed E-state index contributed by atoms with van der Waals surface area (Å²) in [6.45, 7) is 19.7. The third-order valence-corrected chi connectivity index (χ3v) is 11.1. The molecular weight excluding hydrogens is 729 g/mol. The summed E-state index contributed by atoms with van der Waals surface area (Å²) in [5, 5.41) is 0. The third-order valence-electron chi connectivity index (χ3n) is 9.37. The highest BCUT2D eigenvalue weighted by Crippen LogP contribution is 2.30. The maximum absolute atomic E-state index is 13.0. The molecule has 1 aromatic carbocycles. The number of sulfone groups is 1. The molecule has 0 bridgehead atoms. The topological polar surface area (TPSA) is 120 Å². The van der Waals surface area contributed by atoms with E-state index >= 15 is 0 Å². The predicted octanol–water partition coefficient (Wildman–Crippen LogP) is 9.87. The van der Waals surface area contributed by atoms with Crippen LogP contribution in [0.5, 0.6) is 0 Å². The fourth-order valence-electron chi connectivity index (χ4n) is 5.89. The van der Waals surface area contributed by atoms with Gasteiger partial charge in [-0.3, -0.25) is 4.79 Å². The van der Waals surface area contributed by atoms with E-state index in [4.69, 9.17) is 14.2 Å². The Balaban J connectivity index is 0.000000561. The number of carbonyl (C=O) groups is 3. The van der Waals surface area contributed by atoms with Gasteiger partial charge in [0.25, 0.3) is 0 Å². The van der Waals surface area contributed by atoms with Crippen molar-refractivity contribution < 1.29 is 37.0 Å². The minimum absolute atomic E-state index is 0.0678. The van der Waals surface area contributed by atoms with Gasteiger partial charge in [0.15, 0.2) is 16.6 Å². The van der Waals surface area contributed by atoms with E-state index in [2.05, 4.69) is 39.5 Å². The van der Waals surface area contributed by atoms with Crippen LogP contribution in [0.25, 0.3) is 0 Å². The molecule has 0 saturated carbocycles. The molecule has 2 rings (SSSR count). The SMILES string of the molecule is CCCCCCCCOC(=O)/C(=C\C=C1/OCC(C)(C)N1CCC)C(C)=O.CCCCCCCCOC(=O)/C(=C\C=C\N(CC)CC)S(=O)(=O)c1ccccc1. The van der Waals surface area contributed by atoms with Crippen molar-refractivity contribution in [3.63, 3.8) is 0 Å². The number of hydrogen-bond acceptors (Lipinski definition) is 10. The first-order valence-corrected chi connectivity index (χ1v) is 22.4. The molecule has 1 aromatic rings. The van der Waals surface area contributed by atoms with Gasteiger partial charge in [-0.2, -0.15) is 0 Å². The molecule has 1 saturated heterocycles. The summed E-state index contributed by atoms with van der Waals surface area (Å²) >= 11 is 0. The van der Waals surface area contributed by atoms with E-state index in [1.54, 1.807) is 36.6 Å². The first kappa shape index (κ1) is 50.2. The average molecular weight is 801 g/mol. The molecule has 0 unspecified atom stereocenters. The van der Waals surface area contributed by atoms with Gasteiger partial charge in [0, 0.05) is 19.6 Å². The number of unbranched alkanes of at least 4 members (excludes halogenated alkanes) is 10. The van der Waals surface area contributed by atoms with Crippen molar-refractivity contribution in [2.75, 3.05) is 39.5 Å². The largest absolute Gasteiger partial charge is 0.477 e. The number of ketones is 1.